The minimum absolute atomic E-state index is 0.0608. The Balaban J connectivity index is 2.95. The predicted molar refractivity (Wildman–Crippen MR) is 68.0 cm³/mol. The smallest absolute Gasteiger partial charge is 0.355 e. The number of hydrogen-bond donors (Lipinski definition) is 1. The van der Waals surface area contributed by atoms with E-state index in [1.807, 2.05) is 0 Å². The van der Waals surface area contributed by atoms with Gasteiger partial charge in [-0.1, -0.05) is 18.1 Å². The van der Waals surface area contributed by atoms with E-state index >= 15 is 0 Å². The first-order valence-electron chi connectivity index (χ1n) is 5.38. The fraction of sp³-hybridized carbons (Fsp3) is 0.143. The summed E-state index contributed by atoms with van der Waals surface area (Å²) >= 11 is 0. The molecule has 0 aromatic heterocycles. The maximum atomic E-state index is 12.8. The SMILES string of the molecule is C#CCOC(=O)/C(=C\c1ccc(F)cc1)NC(C)=O. The zero-order valence-electron chi connectivity index (χ0n) is 10.3. The van der Waals surface area contributed by atoms with Gasteiger partial charge in [-0.3, -0.25) is 4.79 Å². The van der Waals surface area contributed by atoms with Gasteiger partial charge in [0.05, 0.1) is 0 Å². The van der Waals surface area contributed by atoms with Crippen LogP contribution in [0.15, 0.2) is 30.0 Å². The van der Waals surface area contributed by atoms with Gasteiger partial charge in [0.2, 0.25) is 5.91 Å². The molecular weight excluding hydrogens is 249 g/mol. The minimum atomic E-state index is -0.752. The first kappa shape index (κ1) is 14.5. The Bertz CT molecular complexity index is 541. The highest BCUT2D eigenvalue weighted by atomic mass is 19.1. The van der Waals surface area contributed by atoms with E-state index in [1.54, 1.807) is 0 Å². The maximum absolute atomic E-state index is 12.8. The average molecular weight is 261 g/mol. The molecule has 0 aliphatic carbocycles. The summed E-state index contributed by atoms with van der Waals surface area (Å²) in [5.74, 6) is 0.573. The molecule has 5 heteroatoms. The molecule has 0 atom stereocenters. The second kappa shape index (κ2) is 6.97. The minimum Gasteiger partial charge on any atom is -0.448 e. The molecule has 0 saturated carbocycles. The monoisotopic (exact) mass is 261 g/mol. The van der Waals surface area contributed by atoms with Crippen LogP contribution in [0.5, 0.6) is 0 Å². The van der Waals surface area contributed by atoms with Crippen LogP contribution in [0.4, 0.5) is 4.39 Å². The van der Waals surface area contributed by atoms with Gasteiger partial charge >= 0.3 is 5.97 Å². The highest BCUT2D eigenvalue weighted by Crippen LogP contribution is 2.08. The van der Waals surface area contributed by atoms with Crippen LogP contribution in [0.1, 0.15) is 12.5 Å². The fourth-order valence-electron chi connectivity index (χ4n) is 1.25. The van der Waals surface area contributed by atoms with E-state index in [0.29, 0.717) is 5.56 Å². The lowest BCUT2D eigenvalue weighted by Crippen LogP contribution is -2.26. The van der Waals surface area contributed by atoms with Crippen molar-refractivity contribution in [2.24, 2.45) is 0 Å². The van der Waals surface area contributed by atoms with Gasteiger partial charge < -0.3 is 10.1 Å². The van der Waals surface area contributed by atoms with Gasteiger partial charge in [0.25, 0.3) is 0 Å². The van der Waals surface area contributed by atoms with Crippen LogP contribution in [0.3, 0.4) is 0 Å². The second-order valence-corrected chi connectivity index (χ2v) is 3.57. The first-order chi connectivity index (χ1) is 9.02. The number of halogens is 1. The number of esters is 1. The van der Waals surface area contributed by atoms with Crippen molar-refractivity contribution in [3.63, 3.8) is 0 Å². The molecular formula is C14H12FNO3. The third-order valence-electron chi connectivity index (χ3n) is 2.00. The molecule has 1 N–H and O–H groups in total. The van der Waals surface area contributed by atoms with E-state index in [2.05, 4.69) is 11.2 Å². The molecule has 1 rings (SSSR count). The summed E-state index contributed by atoms with van der Waals surface area (Å²) in [6.07, 6.45) is 6.35. The van der Waals surface area contributed by atoms with Gasteiger partial charge in [0.1, 0.15) is 11.5 Å². The Morgan fingerprint density at radius 2 is 2.05 bits per heavy atom. The van der Waals surface area contributed by atoms with Crippen molar-refractivity contribution in [2.75, 3.05) is 6.61 Å². The Labute approximate surface area is 110 Å². The van der Waals surface area contributed by atoms with Crippen molar-refractivity contribution < 1.29 is 18.7 Å². The zero-order valence-corrected chi connectivity index (χ0v) is 10.3. The molecule has 1 amide bonds. The lowest BCUT2D eigenvalue weighted by Gasteiger charge is -2.07. The molecule has 0 saturated heterocycles. The van der Waals surface area contributed by atoms with Crippen LogP contribution in [0.2, 0.25) is 0 Å². The van der Waals surface area contributed by atoms with Gasteiger partial charge in [-0.15, -0.1) is 6.42 Å². The lowest BCUT2D eigenvalue weighted by atomic mass is 10.2. The second-order valence-electron chi connectivity index (χ2n) is 3.57. The summed E-state index contributed by atoms with van der Waals surface area (Å²) in [5.41, 5.74) is 0.483. The molecule has 4 nitrogen and oxygen atoms in total. The molecule has 0 bridgehead atoms. The van der Waals surface area contributed by atoms with E-state index in [9.17, 15) is 14.0 Å². The molecule has 0 spiro atoms. The highest BCUT2D eigenvalue weighted by Gasteiger charge is 2.12. The number of terminal acetylenes is 1. The summed E-state index contributed by atoms with van der Waals surface area (Å²) in [6, 6.07) is 5.41. The molecule has 0 unspecified atom stereocenters. The number of amides is 1. The van der Waals surface area contributed by atoms with Crippen LogP contribution >= 0.6 is 0 Å². The van der Waals surface area contributed by atoms with Crippen molar-refractivity contribution in [1.29, 1.82) is 0 Å². The number of nitrogens with one attached hydrogen (secondary N) is 1. The van der Waals surface area contributed by atoms with Gasteiger partial charge in [-0.2, -0.15) is 0 Å². The Morgan fingerprint density at radius 1 is 1.42 bits per heavy atom. The normalized spacial score (nSPS) is 10.5. The third-order valence-corrected chi connectivity index (χ3v) is 2.00. The van der Waals surface area contributed by atoms with Crippen LogP contribution in [-0.2, 0) is 14.3 Å². The summed E-state index contributed by atoms with van der Waals surface area (Å²) in [4.78, 5) is 22.7. The summed E-state index contributed by atoms with van der Waals surface area (Å²) in [5, 5.41) is 2.34. The Hall–Kier alpha value is -2.61. The highest BCUT2D eigenvalue weighted by molar-refractivity contribution is 5.97. The third kappa shape index (κ3) is 5.04. The lowest BCUT2D eigenvalue weighted by molar-refractivity contribution is -0.139. The number of hydrogen-bond acceptors (Lipinski definition) is 3. The molecule has 0 radical (unpaired) electrons. The summed E-state index contributed by atoms with van der Waals surface area (Å²) in [6.45, 7) is 1.06. The Kier molecular flexibility index (Phi) is 5.30. The van der Waals surface area contributed by atoms with E-state index in [1.165, 1.54) is 37.3 Å². The molecule has 0 fully saturated rings. The van der Waals surface area contributed by atoms with Crippen LogP contribution < -0.4 is 5.32 Å². The number of carbonyl (C=O) groups excluding carboxylic acids is 2. The largest absolute Gasteiger partial charge is 0.448 e. The van der Waals surface area contributed by atoms with Gasteiger partial charge in [0.15, 0.2) is 6.61 Å². The number of rotatable bonds is 4. The van der Waals surface area contributed by atoms with Crippen LogP contribution in [0.25, 0.3) is 6.08 Å². The molecule has 19 heavy (non-hydrogen) atoms. The molecule has 1 aromatic carbocycles. The van der Waals surface area contributed by atoms with Gasteiger partial charge in [-0.25, -0.2) is 9.18 Å². The van der Waals surface area contributed by atoms with Crippen LogP contribution in [-0.4, -0.2) is 18.5 Å². The predicted octanol–water partition coefficient (Wildman–Crippen LogP) is 1.48. The maximum Gasteiger partial charge on any atom is 0.355 e. The van der Waals surface area contributed by atoms with E-state index in [-0.39, 0.29) is 12.3 Å². The summed E-state index contributed by atoms with van der Waals surface area (Å²) < 4.78 is 17.5. The first-order valence-corrected chi connectivity index (χ1v) is 5.38. The van der Waals surface area contributed by atoms with E-state index in [0.717, 1.165) is 0 Å². The van der Waals surface area contributed by atoms with Crippen molar-refractivity contribution in [2.45, 2.75) is 6.92 Å². The Morgan fingerprint density at radius 3 is 2.58 bits per heavy atom. The fourth-order valence-corrected chi connectivity index (χ4v) is 1.25. The van der Waals surface area contributed by atoms with Crippen molar-refractivity contribution in [1.82, 2.24) is 5.32 Å². The topological polar surface area (TPSA) is 55.4 Å². The number of ether oxygens (including phenoxy) is 1. The summed E-state index contributed by atoms with van der Waals surface area (Å²) in [7, 11) is 0. The van der Waals surface area contributed by atoms with Crippen LogP contribution in [0, 0.1) is 18.2 Å². The van der Waals surface area contributed by atoms with Gasteiger partial charge in [-0.05, 0) is 23.8 Å². The molecule has 98 valence electrons. The van der Waals surface area contributed by atoms with Crippen molar-refractivity contribution in [3.05, 3.63) is 41.3 Å². The van der Waals surface area contributed by atoms with E-state index < -0.39 is 17.7 Å². The van der Waals surface area contributed by atoms with Gasteiger partial charge in [0, 0.05) is 6.92 Å². The number of benzene rings is 1. The number of carbonyl (C=O) groups is 2. The van der Waals surface area contributed by atoms with Crippen molar-refractivity contribution in [3.8, 4) is 12.3 Å². The molecule has 0 aliphatic heterocycles. The van der Waals surface area contributed by atoms with E-state index in [4.69, 9.17) is 11.2 Å². The molecule has 1 aromatic rings. The molecule has 0 heterocycles. The molecule has 0 aliphatic rings. The van der Waals surface area contributed by atoms with Crippen molar-refractivity contribution >= 4 is 18.0 Å². The average Bonchev–Trinajstić information content (AvgIpc) is 2.37. The zero-order chi connectivity index (χ0) is 14.3. The quantitative estimate of drug-likeness (QED) is 0.507. The standard InChI is InChI=1S/C14H12FNO3/c1-3-8-19-14(18)13(16-10(2)17)9-11-4-6-12(15)7-5-11/h1,4-7,9H,8H2,2H3,(H,16,17)/b13-9+.